The maximum absolute atomic E-state index is 14.0. The molecular weight excluding hydrogens is 460 g/mol. The second-order valence-electron chi connectivity index (χ2n) is 10.6. The molecule has 3 aliphatic rings. The minimum absolute atomic E-state index is 0.142. The highest BCUT2D eigenvalue weighted by molar-refractivity contribution is 6.03. The van der Waals surface area contributed by atoms with Gasteiger partial charge in [0.25, 0.3) is 0 Å². The van der Waals surface area contributed by atoms with Crippen molar-refractivity contribution in [3.63, 3.8) is 0 Å². The Morgan fingerprint density at radius 2 is 1.92 bits per heavy atom. The topological polar surface area (TPSA) is 105 Å². The molecule has 0 saturated carbocycles. The molecule has 198 valence electrons. The first-order valence-electron chi connectivity index (χ1n) is 13.4. The number of carbonyl (C=O) groups excluding carboxylic acids is 3. The molecule has 2 amide bonds. The SMILES string of the molecule is CCOC(=O)[C@H]1[C@H]2C(=O)N(CCCCCCO)C(C(=O)Nc3cc(C)ccc3C)C23CC[C@]1(CC)O3. The van der Waals surface area contributed by atoms with Crippen LogP contribution in [0.5, 0.6) is 0 Å². The number of aryl methyl sites for hydroxylation is 2. The molecule has 5 atom stereocenters. The Labute approximate surface area is 213 Å². The van der Waals surface area contributed by atoms with E-state index in [1.54, 1.807) is 11.8 Å². The van der Waals surface area contributed by atoms with E-state index < -0.39 is 35.0 Å². The predicted molar refractivity (Wildman–Crippen MR) is 135 cm³/mol. The van der Waals surface area contributed by atoms with E-state index in [9.17, 15) is 14.4 Å². The van der Waals surface area contributed by atoms with Crippen LogP contribution in [0.1, 0.15) is 69.9 Å². The van der Waals surface area contributed by atoms with Crippen LogP contribution in [0.4, 0.5) is 5.69 Å². The zero-order chi connectivity index (χ0) is 26.1. The van der Waals surface area contributed by atoms with E-state index in [0.29, 0.717) is 38.6 Å². The van der Waals surface area contributed by atoms with Gasteiger partial charge >= 0.3 is 5.97 Å². The Balaban J connectivity index is 1.69. The number of anilines is 1. The van der Waals surface area contributed by atoms with Gasteiger partial charge in [0.1, 0.15) is 17.6 Å². The van der Waals surface area contributed by atoms with E-state index in [1.807, 2.05) is 39.0 Å². The lowest BCUT2D eigenvalue weighted by Gasteiger charge is -2.33. The van der Waals surface area contributed by atoms with E-state index in [2.05, 4.69) is 5.32 Å². The number of nitrogens with one attached hydrogen (secondary N) is 1. The molecule has 1 aromatic carbocycles. The number of esters is 1. The summed E-state index contributed by atoms with van der Waals surface area (Å²) in [7, 11) is 0. The van der Waals surface area contributed by atoms with Gasteiger partial charge in [-0.25, -0.2) is 0 Å². The highest BCUT2D eigenvalue weighted by atomic mass is 16.6. The number of ether oxygens (including phenoxy) is 2. The molecule has 4 rings (SSSR count). The van der Waals surface area contributed by atoms with Crippen molar-refractivity contribution in [1.82, 2.24) is 4.90 Å². The van der Waals surface area contributed by atoms with E-state index in [4.69, 9.17) is 14.6 Å². The van der Waals surface area contributed by atoms with Gasteiger partial charge in [-0.05, 0) is 70.1 Å². The van der Waals surface area contributed by atoms with E-state index >= 15 is 0 Å². The first kappa shape index (κ1) is 26.6. The fourth-order valence-corrected chi connectivity index (χ4v) is 6.67. The molecule has 8 nitrogen and oxygen atoms in total. The molecule has 1 spiro atoms. The van der Waals surface area contributed by atoms with Gasteiger partial charge < -0.3 is 24.8 Å². The number of carbonyl (C=O) groups is 3. The Morgan fingerprint density at radius 3 is 2.61 bits per heavy atom. The van der Waals surface area contributed by atoms with Crippen molar-refractivity contribution in [2.45, 2.75) is 89.9 Å². The van der Waals surface area contributed by atoms with Crippen molar-refractivity contribution >= 4 is 23.5 Å². The van der Waals surface area contributed by atoms with Crippen molar-refractivity contribution in [2.24, 2.45) is 11.8 Å². The molecule has 2 N–H and O–H groups in total. The summed E-state index contributed by atoms with van der Waals surface area (Å²) < 4.78 is 12.1. The van der Waals surface area contributed by atoms with Crippen molar-refractivity contribution in [3.05, 3.63) is 29.3 Å². The van der Waals surface area contributed by atoms with Crippen molar-refractivity contribution < 1.29 is 29.0 Å². The molecule has 1 aromatic rings. The minimum Gasteiger partial charge on any atom is -0.466 e. The van der Waals surface area contributed by atoms with Gasteiger partial charge in [0.15, 0.2) is 0 Å². The number of hydrogen-bond acceptors (Lipinski definition) is 6. The van der Waals surface area contributed by atoms with Crippen LogP contribution in [-0.4, -0.2) is 64.8 Å². The van der Waals surface area contributed by atoms with Gasteiger partial charge in [-0.2, -0.15) is 0 Å². The molecule has 0 radical (unpaired) electrons. The molecule has 2 unspecified atom stereocenters. The monoisotopic (exact) mass is 500 g/mol. The van der Waals surface area contributed by atoms with Crippen LogP contribution in [0.15, 0.2) is 18.2 Å². The molecule has 2 bridgehead atoms. The standard InChI is InChI=1S/C28H40N2O6/c1-5-27-13-14-28(36-27)21(22(27)26(34)35-6-2)25(33)30(15-9-7-8-10-16-31)23(28)24(32)29-20-17-18(3)11-12-19(20)4/h11-12,17,21-23,31H,5-10,13-16H2,1-4H3,(H,29,32)/t21-,22+,23?,27-,28?/m0/s1. The minimum atomic E-state index is -1.04. The van der Waals surface area contributed by atoms with Gasteiger partial charge in [-0.1, -0.05) is 31.9 Å². The number of rotatable bonds is 11. The number of benzene rings is 1. The summed E-state index contributed by atoms with van der Waals surface area (Å²) in [5.41, 5.74) is 0.860. The van der Waals surface area contributed by atoms with Crippen LogP contribution in [0.25, 0.3) is 0 Å². The molecule has 3 saturated heterocycles. The predicted octanol–water partition coefficient (Wildman–Crippen LogP) is 3.51. The molecule has 0 aliphatic carbocycles. The first-order chi connectivity index (χ1) is 17.2. The summed E-state index contributed by atoms with van der Waals surface area (Å²) in [4.78, 5) is 42.8. The lowest BCUT2D eigenvalue weighted by Crippen LogP contribution is -2.53. The van der Waals surface area contributed by atoms with Crippen molar-refractivity contribution in [2.75, 3.05) is 25.1 Å². The van der Waals surface area contributed by atoms with Gasteiger partial charge in [0.2, 0.25) is 11.8 Å². The van der Waals surface area contributed by atoms with Crippen molar-refractivity contribution in [1.29, 1.82) is 0 Å². The Bertz CT molecular complexity index is 1010. The summed E-state index contributed by atoms with van der Waals surface area (Å²) in [5.74, 6) is -2.30. The zero-order valence-electron chi connectivity index (χ0n) is 22.0. The molecular formula is C28H40N2O6. The van der Waals surface area contributed by atoms with Crippen LogP contribution in [0.2, 0.25) is 0 Å². The summed E-state index contributed by atoms with van der Waals surface area (Å²) in [6, 6.07) is 5.07. The Morgan fingerprint density at radius 1 is 1.17 bits per heavy atom. The highest BCUT2D eigenvalue weighted by Crippen LogP contribution is 2.64. The number of nitrogens with zero attached hydrogens (tertiary/aromatic N) is 1. The summed E-state index contributed by atoms with van der Waals surface area (Å²) in [5, 5.41) is 12.2. The molecule has 8 heteroatoms. The second kappa shape index (κ2) is 10.5. The number of unbranched alkanes of at least 4 members (excludes halogenated alkanes) is 3. The van der Waals surface area contributed by atoms with Crippen LogP contribution in [0, 0.1) is 25.7 Å². The fraction of sp³-hybridized carbons (Fsp3) is 0.679. The van der Waals surface area contributed by atoms with Gasteiger partial charge in [0, 0.05) is 18.8 Å². The summed E-state index contributed by atoms with van der Waals surface area (Å²) in [6.07, 6.45) is 4.87. The number of amides is 2. The third-order valence-electron chi connectivity index (χ3n) is 8.43. The Hall–Kier alpha value is -2.45. The summed E-state index contributed by atoms with van der Waals surface area (Å²) >= 11 is 0. The van der Waals surface area contributed by atoms with Crippen LogP contribution in [-0.2, 0) is 23.9 Å². The number of likely N-dealkylation sites (tertiary alicyclic amines) is 1. The maximum Gasteiger partial charge on any atom is 0.312 e. The van der Waals surface area contributed by atoms with Crippen LogP contribution < -0.4 is 5.32 Å². The lowest BCUT2D eigenvalue weighted by atomic mass is 9.65. The molecule has 0 aromatic heterocycles. The summed E-state index contributed by atoms with van der Waals surface area (Å²) in [6.45, 7) is 8.42. The Kier molecular flexibility index (Phi) is 7.76. The smallest absolute Gasteiger partial charge is 0.312 e. The van der Waals surface area contributed by atoms with Crippen LogP contribution >= 0.6 is 0 Å². The van der Waals surface area contributed by atoms with E-state index in [1.165, 1.54) is 0 Å². The van der Waals surface area contributed by atoms with Crippen LogP contribution in [0.3, 0.4) is 0 Å². The van der Waals surface area contributed by atoms with Gasteiger partial charge in [-0.3, -0.25) is 14.4 Å². The van der Waals surface area contributed by atoms with Crippen molar-refractivity contribution in [3.8, 4) is 0 Å². The zero-order valence-corrected chi connectivity index (χ0v) is 22.0. The average Bonchev–Trinajstić information content (AvgIpc) is 3.45. The first-order valence-corrected chi connectivity index (χ1v) is 13.4. The van der Waals surface area contributed by atoms with Gasteiger partial charge in [-0.15, -0.1) is 0 Å². The number of hydrogen-bond donors (Lipinski definition) is 2. The largest absolute Gasteiger partial charge is 0.466 e. The molecule has 3 aliphatic heterocycles. The quantitative estimate of drug-likeness (QED) is 0.356. The number of aliphatic hydroxyl groups is 1. The third kappa shape index (κ3) is 4.32. The second-order valence-corrected chi connectivity index (χ2v) is 10.6. The number of aliphatic hydroxyl groups excluding tert-OH is 1. The normalized spacial score (nSPS) is 30.5. The van der Waals surface area contributed by atoms with E-state index in [-0.39, 0.29) is 25.0 Å². The lowest BCUT2D eigenvalue weighted by molar-refractivity contribution is -0.160. The fourth-order valence-electron chi connectivity index (χ4n) is 6.67. The maximum atomic E-state index is 14.0. The highest BCUT2D eigenvalue weighted by Gasteiger charge is 2.78. The number of fused-ring (bicyclic) bond motifs is 1. The van der Waals surface area contributed by atoms with Gasteiger partial charge in [0.05, 0.1) is 18.1 Å². The third-order valence-corrected chi connectivity index (χ3v) is 8.43. The van der Waals surface area contributed by atoms with E-state index in [0.717, 1.165) is 29.7 Å². The average molecular weight is 501 g/mol. The molecule has 3 fully saturated rings. The molecule has 36 heavy (non-hydrogen) atoms. The molecule has 3 heterocycles.